The van der Waals surface area contributed by atoms with Crippen molar-refractivity contribution in [2.45, 2.75) is 31.2 Å². The number of carbonyl (C=O) groups excluding carboxylic acids is 1. The minimum absolute atomic E-state index is 0.178. The van der Waals surface area contributed by atoms with Crippen LogP contribution in [0.25, 0.3) is 11.4 Å². The van der Waals surface area contributed by atoms with Crippen LogP contribution in [0.3, 0.4) is 0 Å². The molecule has 0 saturated carbocycles. The van der Waals surface area contributed by atoms with Gasteiger partial charge in [-0.3, -0.25) is 4.79 Å². The zero-order valence-electron chi connectivity index (χ0n) is 15.2. The van der Waals surface area contributed by atoms with E-state index in [4.69, 9.17) is 5.84 Å². The maximum absolute atomic E-state index is 14.0. The van der Waals surface area contributed by atoms with E-state index >= 15 is 0 Å². The van der Waals surface area contributed by atoms with Gasteiger partial charge in [-0.25, -0.2) is 9.07 Å². The first-order valence-corrected chi connectivity index (χ1v) is 9.25. The summed E-state index contributed by atoms with van der Waals surface area (Å²) in [6, 6.07) is 12.0. The average molecular weight is 385 g/mol. The van der Waals surface area contributed by atoms with Crippen LogP contribution in [0.15, 0.2) is 47.6 Å². The Labute approximate surface area is 161 Å². The number of nitrogens with zero attached hydrogens (tertiary/aromatic N) is 3. The second kappa shape index (κ2) is 7.79. The Morgan fingerprint density at radius 1 is 1.22 bits per heavy atom. The molecule has 1 aromatic heterocycles. The fourth-order valence-corrected chi connectivity index (χ4v) is 3.35. The first-order valence-electron chi connectivity index (χ1n) is 8.37. The van der Waals surface area contributed by atoms with Gasteiger partial charge in [0.25, 0.3) is 0 Å². The van der Waals surface area contributed by atoms with E-state index in [9.17, 15) is 9.18 Å². The molecule has 8 heteroatoms. The highest BCUT2D eigenvalue weighted by atomic mass is 32.2. The molecule has 0 aliphatic rings. The molecular weight excluding hydrogens is 365 g/mol. The summed E-state index contributed by atoms with van der Waals surface area (Å²) in [5.74, 6) is 5.61. The molecule has 1 heterocycles. The number of nitrogen functional groups attached to an aromatic ring is 1. The van der Waals surface area contributed by atoms with Crippen molar-refractivity contribution in [3.8, 4) is 11.4 Å². The van der Waals surface area contributed by atoms with E-state index in [1.807, 2.05) is 32.0 Å². The third-order valence-electron chi connectivity index (χ3n) is 4.07. The van der Waals surface area contributed by atoms with E-state index in [1.54, 1.807) is 25.1 Å². The molecule has 0 aliphatic carbocycles. The zero-order valence-corrected chi connectivity index (χ0v) is 16.0. The van der Waals surface area contributed by atoms with E-state index in [2.05, 4.69) is 15.5 Å². The molecule has 0 saturated heterocycles. The number of rotatable bonds is 5. The lowest BCUT2D eigenvalue weighted by Crippen LogP contribution is -2.24. The molecule has 3 rings (SSSR count). The number of benzene rings is 2. The van der Waals surface area contributed by atoms with Crippen LogP contribution < -0.4 is 11.2 Å². The Morgan fingerprint density at radius 3 is 2.67 bits per heavy atom. The number of thioether (sulfide) groups is 1. The second-order valence-electron chi connectivity index (χ2n) is 6.22. The molecule has 3 aromatic rings. The van der Waals surface area contributed by atoms with Crippen LogP contribution in [0, 0.1) is 19.7 Å². The van der Waals surface area contributed by atoms with Gasteiger partial charge in [0.2, 0.25) is 11.1 Å². The van der Waals surface area contributed by atoms with Crippen LogP contribution in [-0.2, 0) is 4.79 Å². The second-order valence-corrected chi connectivity index (χ2v) is 7.53. The smallest absolute Gasteiger partial charge is 0.237 e. The minimum atomic E-state index is -0.467. The van der Waals surface area contributed by atoms with Gasteiger partial charge < -0.3 is 11.2 Å². The maximum atomic E-state index is 14.0. The minimum Gasteiger partial charge on any atom is -0.335 e. The Balaban J connectivity index is 1.73. The van der Waals surface area contributed by atoms with Crippen molar-refractivity contribution in [2.24, 2.45) is 0 Å². The van der Waals surface area contributed by atoms with Gasteiger partial charge in [0, 0.05) is 5.69 Å². The predicted molar refractivity (Wildman–Crippen MR) is 105 cm³/mol. The number of hydrogen-bond donors (Lipinski definition) is 2. The van der Waals surface area contributed by atoms with E-state index in [0.29, 0.717) is 5.16 Å². The number of nitrogens with two attached hydrogens (primary N) is 1. The predicted octanol–water partition coefficient (Wildman–Crippen LogP) is 3.53. The van der Waals surface area contributed by atoms with Gasteiger partial charge in [-0.05, 0) is 44.5 Å². The van der Waals surface area contributed by atoms with E-state index < -0.39 is 11.1 Å². The van der Waals surface area contributed by atoms with Crippen LogP contribution in [-0.4, -0.2) is 26.0 Å². The Morgan fingerprint density at radius 2 is 1.96 bits per heavy atom. The fourth-order valence-electron chi connectivity index (χ4n) is 2.58. The van der Waals surface area contributed by atoms with Crippen molar-refractivity contribution in [2.75, 3.05) is 11.2 Å². The topological polar surface area (TPSA) is 85.8 Å². The van der Waals surface area contributed by atoms with Crippen LogP contribution in [0.1, 0.15) is 18.1 Å². The highest BCUT2D eigenvalue weighted by Crippen LogP contribution is 2.27. The Bertz CT molecular complexity index is 988. The van der Waals surface area contributed by atoms with Crippen molar-refractivity contribution in [3.05, 3.63) is 59.4 Å². The molecule has 140 valence electrons. The Kier molecular flexibility index (Phi) is 5.46. The number of hydrogen-bond acceptors (Lipinski definition) is 5. The molecule has 0 bridgehead atoms. The number of aromatic nitrogens is 3. The molecule has 0 aliphatic heterocycles. The lowest BCUT2D eigenvalue weighted by atomic mass is 10.1. The standard InChI is InChI=1S/C19H20FN5OS/c1-11-8-9-16(12(2)10-11)22-18(26)13(3)27-19-24-23-17(25(19)21)14-6-4-5-7-15(14)20/h4-10,13H,21H2,1-3H3,(H,22,26)/t13-/m1/s1. The quantitative estimate of drug-likeness (QED) is 0.518. The summed E-state index contributed by atoms with van der Waals surface area (Å²) < 4.78 is 15.2. The van der Waals surface area contributed by atoms with Gasteiger partial charge in [0.1, 0.15) is 5.82 Å². The third-order valence-corrected chi connectivity index (χ3v) is 5.13. The van der Waals surface area contributed by atoms with Crippen LogP contribution in [0.5, 0.6) is 0 Å². The summed E-state index contributed by atoms with van der Waals surface area (Å²) in [5, 5.41) is 10.7. The molecule has 3 N–H and O–H groups in total. The van der Waals surface area contributed by atoms with Crippen molar-refractivity contribution in [3.63, 3.8) is 0 Å². The van der Waals surface area contributed by atoms with Gasteiger partial charge in [0.05, 0.1) is 10.8 Å². The summed E-state index contributed by atoms with van der Waals surface area (Å²) in [6.45, 7) is 5.69. The molecule has 0 unspecified atom stereocenters. The first kappa shape index (κ1) is 18.9. The summed E-state index contributed by atoms with van der Waals surface area (Å²) >= 11 is 1.16. The van der Waals surface area contributed by atoms with Gasteiger partial charge >= 0.3 is 0 Å². The monoisotopic (exact) mass is 385 g/mol. The number of aryl methyl sites for hydroxylation is 2. The van der Waals surface area contributed by atoms with Gasteiger partial charge in [-0.1, -0.05) is 41.6 Å². The van der Waals surface area contributed by atoms with Gasteiger partial charge in [-0.2, -0.15) is 0 Å². The lowest BCUT2D eigenvalue weighted by Gasteiger charge is -2.13. The lowest BCUT2D eigenvalue weighted by molar-refractivity contribution is -0.115. The maximum Gasteiger partial charge on any atom is 0.237 e. The molecule has 0 fully saturated rings. The summed E-state index contributed by atoms with van der Waals surface area (Å²) in [5.41, 5.74) is 3.14. The van der Waals surface area contributed by atoms with E-state index in [1.165, 1.54) is 10.7 Å². The van der Waals surface area contributed by atoms with Crippen LogP contribution >= 0.6 is 11.8 Å². The summed E-state index contributed by atoms with van der Waals surface area (Å²) in [6.07, 6.45) is 0. The Hall–Kier alpha value is -2.87. The SMILES string of the molecule is Cc1ccc(NC(=O)[C@@H](C)Sc2nnc(-c3ccccc3F)n2N)c(C)c1. The van der Waals surface area contributed by atoms with Crippen molar-refractivity contribution < 1.29 is 9.18 Å². The van der Waals surface area contributed by atoms with Crippen molar-refractivity contribution in [1.29, 1.82) is 0 Å². The summed E-state index contributed by atoms with van der Waals surface area (Å²) in [7, 11) is 0. The molecule has 1 amide bonds. The van der Waals surface area contributed by atoms with Crippen LogP contribution in [0.4, 0.5) is 10.1 Å². The van der Waals surface area contributed by atoms with Crippen molar-refractivity contribution in [1.82, 2.24) is 14.9 Å². The zero-order chi connectivity index (χ0) is 19.6. The third kappa shape index (κ3) is 4.11. The molecule has 1 atom stereocenters. The summed E-state index contributed by atoms with van der Waals surface area (Å²) in [4.78, 5) is 12.5. The molecule has 0 spiro atoms. The molecule has 2 aromatic carbocycles. The van der Waals surface area contributed by atoms with E-state index in [0.717, 1.165) is 28.6 Å². The van der Waals surface area contributed by atoms with E-state index in [-0.39, 0.29) is 17.3 Å². The average Bonchev–Trinajstić information content (AvgIpc) is 2.98. The van der Waals surface area contributed by atoms with Gasteiger partial charge in [0.15, 0.2) is 5.82 Å². The number of halogens is 1. The molecule has 0 radical (unpaired) electrons. The van der Waals surface area contributed by atoms with Crippen molar-refractivity contribution >= 4 is 23.4 Å². The number of anilines is 1. The number of amides is 1. The highest BCUT2D eigenvalue weighted by Gasteiger charge is 2.21. The number of nitrogens with one attached hydrogen (secondary N) is 1. The first-order chi connectivity index (χ1) is 12.9. The highest BCUT2D eigenvalue weighted by molar-refractivity contribution is 8.00. The van der Waals surface area contributed by atoms with Gasteiger partial charge in [-0.15, -0.1) is 10.2 Å². The van der Waals surface area contributed by atoms with Crippen LogP contribution in [0.2, 0.25) is 0 Å². The molecule has 27 heavy (non-hydrogen) atoms. The molecular formula is C19H20FN5OS. The largest absolute Gasteiger partial charge is 0.335 e. The normalized spacial score (nSPS) is 12.0. The number of carbonyl (C=O) groups is 1. The molecule has 6 nitrogen and oxygen atoms in total. The fraction of sp³-hybridized carbons (Fsp3) is 0.211.